The van der Waals surface area contributed by atoms with Crippen LogP contribution in [0.15, 0.2) is 12.1 Å². The average Bonchev–Trinajstić information content (AvgIpc) is 3.28. The van der Waals surface area contributed by atoms with E-state index in [0.717, 1.165) is 25.9 Å². The van der Waals surface area contributed by atoms with E-state index < -0.39 is 0 Å². The van der Waals surface area contributed by atoms with Gasteiger partial charge in [-0.25, -0.2) is 0 Å². The van der Waals surface area contributed by atoms with Gasteiger partial charge in [0.2, 0.25) is 5.75 Å². The quantitative estimate of drug-likeness (QED) is 0.840. The molecular formula is C19H26N2O4. The largest absolute Gasteiger partial charge is 0.493 e. The van der Waals surface area contributed by atoms with Crippen LogP contribution in [-0.4, -0.2) is 68.3 Å². The predicted octanol–water partition coefficient (Wildman–Crippen LogP) is 2.17. The highest BCUT2D eigenvalue weighted by Crippen LogP contribution is 2.41. The number of carbonyl (C=O) groups excluding carboxylic acids is 1. The van der Waals surface area contributed by atoms with Crippen molar-refractivity contribution in [3.05, 3.63) is 17.7 Å². The molecule has 1 aromatic carbocycles. The van der Waals surface area contributed by atoms with Crippen LogP contribution in [0.2, 0.25) is 0 Å². The molecule has 0 radical (unpaired) electrons. The number of amides is 1. The second-order valence-corrected chi connectivity index (χ2v) is 7.10. The Morgan fingerprint density at radius 2 is 1.88 bits per heavy atom. The van der Waals surface area contributed by atoms with Crippen molar-refractivity contribution in [1.82, 2.24) is 9.80 Å². The predicted molar refractivity (Wildman–Crippen MR) is 93.7 cm³/mol. The first-order valence-electron chi connectivity index (χ1n) is 9.18. The topological polar surface area (TPSA) is 51.2 Å². The van der Waals surface area contributed by atoms with Gasteiger partial charge in [-0.05, 0) is 51.4 Å². The number of fused-ring (bicyclic) bond motifs is 1. The molecule has 1 aromatic rings. The summed E-state index contributed by atoms with van der Waals surface area (Å²) in [6.07, 6.45) is 4.55. The first kappa shape index (κ1) is 16.5. The van der Waals surface area contributed by atoms with Gasteiger partial charge in [0, 0.05) is 24.2 Å². The zero-order valence-corrected chi connectivity index (χ0v) is 15.0. The minimum atomic E-state index is 0.0677. The third-order valence-corrected chi connectivity index (χ3v) is 5.66. The highest BCUT2D eigenvalue weighted by atomic mass is 16.6. The number of hydrogen-bond acceptors (Lipinski definition) is 5. The van der Waals surface area contributed by atoms with Crippen LogP contribution in [0.3, 0.4) is 0 Å². The zero-order chi connectivity index (χ0) is 17.4. The molecule has 0 unspecified atom stereocenters. The number of carbonyl (C=O) groups is 1. The first-order valence-corrected chi connectivity index (χ1v) is 9.18. The average molecular weight is 346 g/mol. The molecule has 2 saturated heterocycles. The van der Waals surface area contributed by atoms with Crippen molar-refractivity contribution in [1.29, 1.82) is 0 Å². The summed E-state index contributed by atoms with van der Waals surface area (Å²) >= 11 is 0. The molecule has 2 atom stereocenters. The van der Waals surface area contributed by atoms with E-state index in [9.17, 15) is 4.79 Å². The number of rotatable bonds is 3. The van der Waals surface area contributed by atoms with Gasteiger partial charge in [-0.3, -0.25) is 4.79 Å². The molecule has 2 fully saturated rings. The summed E-state index contributed by atoms with van der Waals surface area (Å²) in [5.41, 5.74) is 0.619. The van der Waals surface area contributed by atoms with E-state index >= 15 is 0 Å². The molecule has 6 heteroatoms. The summed E-state index contributed by atoms with van der Waals surface area (Å²) in [5, 5.41) is 0. The van der Waals surface area contributed by atoms with E-state index in [0.29, 0.717) is 48.1 Å². The third-order valence-electron chi connectivity index (χ3n) is 5.66. The third kappa shape index (κ3) is 2.92. The van der Waals surface area contributed by atoms with E-state index in [2.05, 4.69) is 16.8 Å². The van der Waals surface area contributed by atoms with Gasteiger partial charge in [-0.2, -0.15) is 0 Å². The summed E-state index contributed by atoms with van der Waals surface area (Å²) < 4.78 is 16.7. The van der Waals surface area contributed by atoms with Crippen LogP contribution in [0.1, 0.15) is 36.0 Å². The normalized spacial score (nSPS) is 26.1. The SMILES string of the molecule is COc1cc(C(=O)N2CCC[C@@H]2[C@@H]2CCCN2C)cc2c1OCCO2. The lowest BCUT2D eigenvalue weighted by Gasteiger charge is -2.33. The Bertz CT molecular complexity index is 646. The maximum atomic E-state index is 13.2. The van der Waals surface area contributed by atoms with Gasteiger partial charge in [-0.1, -0.05) is 0 Å². The minimum absolute atomic E-state index is 0.0677. The van der Waals surface area contributed by atoms with Crippen LogP contribution in [0.25, 0.3) is 0 Å². The molecule has 3 heterocycles. The van der Waals surface area contributed by atoms with Gasteiger partial charge in [0.1, 0.15) is 13.2 Å². The molecule has 0 aliphatic carbocycles. The van der Waals surface area contributed by atoms with Gasteiger partial charge < -0.3 is 24.0 Å². The Kier molecular flexibility index (Phi) is 4.46. The fourth-order valence-electron chi connectivity index (χ4n) is 4.43. The second kappa shape index (κ2) is 6.75. The van der Waals surface area contributed by atoms with Crippen molar-refractivity contribution in [2.45, 2.75) is 37.8 Å². The van der Waals surface area contributed by atoms with Crippen molar-refractivity contribution >= 4 is 5.91 Å². The van der Waals surface area contributed by atoms with E-state index in [1.54, 1.807) is 19.2 Å². The van der Waals surface area contributed by atoms with Crippen molar-refractivity contribution in [3.8, 4) is 17.2 Å². The van der Waals surface area contributed by atoms with E-state index in [1.165, 1.54) is 12.8 Å². The number of hydrogen-bond donors (Lipinski definition) is 0. The van der Waals surface area contributed by atoms with Gasteiger partial charge in [0.25, 0.3) is 5.91 Å². The number of likely N-dealkylation sites (tertiary alicyclic amines) is 2. The highest BCUT2D eigenvalue weighted by Gasteiger charge is 2.39. The summed E-state index contributed by atoms with van der Waals surface area (Å²) in [4.78, 5) is 17.7. The summed E-state index contributed by atoms with van der Waals surface area (Å²) in [7, 11) is 3.76. The molecule has 0 N–H and O–H groups in total. The monoisotopic (exact) mass is 346 g/mol. The summed E-state index contributed by atoms with van der Waals surface area (Å²) in [5.74, 6) is 1.83. The molecule has 4 rings (SSSR count). The first-order chi connectivity index (χ1) is 12.2. The molecule has 0 bridgehead atoms. The van der Waals surface area contributed by atoms with Crippen LogP contribution >= 0.6 is 0 Å². The number of ether oxygens (including phenoxy) is 3. The van der Waals surface area contributed by atoms with Crippen LogP contribution in [0.4, 0.5) is 0 Å². The molecule has 6 nitrogen and oxygen atoms in total. The van der Waals surface area contributed by atoms with Crippen molar-refractivity contribution in [2.24, 2.45) is 0 Å². The Morgan fingerprint density at radius 3 is 2.64 bits per heavy atom. The lowest BCUT2D eigenvalue weighted by atomic mass is 10.0. The Balaban J connectivity index is 1.61. The number of likely N-dealkylation sites (N-methyl/N-ethyl adjacent to an activating group) is 1. The molecule has 3 aliphatic heterocycles. The minimum Gasteiger partial charge on any atom is -0.493 e. The van der Waals surface area contributed by atoms with Crippen molar-refractivity contribution in [2.75, 3.05) is 40.5 Å². The van der Waals surface area contributed by atoms with E-state index in [4.69, 9.17) is 14.2 Å². The lowest BCUT2D eigenvalue weighted by Crippen LogP contribution is -2.47. The molecule has 136 valence electrons. The van der Waals surface area contributed by atoms with Gasteiger partial charge in [0.05, 0.1) is 7.11 Å². The highest BCUT2D eigenvalue weighted by molar-refractivity contribution is 5.96. The van der Waals surface area contributed by atoms with E-state index in [1.807, 2.05) is 0 Å². The Hall–Kier alpha value is -1.95. The summed E-state index contributed by atoms with van der Waals surface area (Å²) in [6.45, 7) is 2.94. The molecular weight excluding hydrogens is 320 g/mol. The number of nitrogens with zero attached hydrogens (tertiary/aromatic N) is 2. The molecule has 1 amide bonds. The van der Waals surface area contributed by atoms with Crippen LogP contribution in [0.5, 0.6) is 17.2 Å². The number of methoxy groups -OCH3 is 1. The number of benzene rings is 1. The molecule has 0 spiro atoms. The zero-order valence-electron chi connectivity index (χ0n) is 15.0. The van der Waals surface area contributed by atoms with Crippen molar-refractivity contribution in [3.63, 3.8) is 0 Å². The van der Waals surface area contributed by atoms with Gasteiger partial charge in [-0.15, -0.1) is 0 Å². The Labute approximate surface area is 148 Å². The van der Waals surface area contributed by atoms with Crippen LogP contribution < -0.4 is 14.2 Å². The standard InChI is InChI=1S/C19H26N2O4/c1-20-7-3-5-14(20)15-6-4-8-21(15)19(22)13-11-16(23-2)18-17(12-13)24-9-10-25-18/h11-12,14-15H,3-10H2,1-2H3/t14-,15+/m0/s1. The molecule has 25 heavy (non-hydrogen) atoms. The smallest absolute Gasteiger partial charge is 0.254 e. The van der Waals surface area contributed by atoms with Crippen LogP contribution in [-0.2, 0) is 0 Å². The van der Waals surface area contributed by atoms with Gasteiger partial charge >= 0.3 is 0 Å². The lowest BCUT2D eigenvalue weighted by molar-refractivity contribution is 0.0663. The van der Waals surface area contributed by atoms with Crippen molar-refractivity contribution < 1.29 is 19.0 Å². The second-order valence-electron chi connectivity index (χ2n) is 7.10. The maximum absolute atomic E-state index is 13.2. The summed E-state index contributed by atoms with van der Waals surface area (Å²) in [6, 6.07) is 4.36. The van der Waals surface area contributed by atoms with Crippen LogP contribution in [0, 0.1) is 0 Å². The van der Waals surface area contributed by atoms with E-state index in [-0.39, 0.29) is 5.91 Å². The fourth-order valence-corrected chi connectivity index (χ4v) is 4.43. The Morgan fingerprint density at radius 1 is 1.12 bits per heavy atom. The molecule has 0 aromatic heterocycles. The fraction of sp³-hybridized carbons (Fsp3) is 0.632. The van der Waals surface area contributed by atoms with Gasteiger partial charge in [0.15, 0.2) is 11.5 Å². The molecule has 3 aliphatic rings. The maximum Gasteiger partial charge on any atom is 0.254 e. The molecule has 0 saturated carbocycles.